The lowest BCUT2D eigenvalue weighted by Gasteiger charge is -2.29. The fraction of sp³-hybridized carbons (Fsp3) is 0.643. The van der Waals surface area contributed by atoms with Crippen molar-refractivity contribution >= 4 is 11.9 Å². The van der Waals surface area contributed by atoms with E-state index in [1.165, 1.54) is 38.5 Å². The van der Waals surface area contributed by atoms with E-state index >= 15 is 0 Å². The lowest BCUT2D eigenvalue weighted by Crippen LogP contribution is -2.29. The maximum atomic E-state index is 12.8. The normalized spacial score (nSPS) is 14.8. The maximum absolute atomic E-state index is 12.8. The van der Waals surface area contributed by atoms with E-state index in [9.17, 15) is 9.59 Å². The minimum atomic E-state index is -1.26. The highest BCUT2D eigenvalue weighted by Gasteiger charge is 2.49. The van der Waals surface area contributed by atoms with Crippen LogP contribution in [-0.2, 0) is 34.3 Å². The summed E-state index contributed by atoms with van der Waals surface area (Å²) in [7, 11) is 0. The third-order valence-electron chi connectivity index (χ3n) is 5.62. The molecule has 0 atom stereocenters. The molecule has 34 heavy (non-hydrogen) atoms. The Bertz CT molecular complexity index is 762. The molecular formula is C28H42O6. The van der Waals surface area contributed by atoms with E-state index < -0.39 is 17.7 Å². The van der Waals surface area contributed by atoms with E-state index in [2.05, 4.69) is 6.92 Å². The van der Waals surface area contributed by atoms with E-state index in [-0.39, 0.29) is 23.7 Å². The van der Waals surface area contributed by atoms with Crippen LogP contribution in [0.3, 0.4) is 0 Å². The summed E-state index contributed by atoms with van der Waals surface area (Å²) >= 11 is 0. The van der Waals surface area contributed by atoms with Crippen molar-refractivity contribution in [1.29, 1.82) is 0 Å². The van der Waals surface area contributed by atoms with Gasteiger partial charge in [0.2, 0.25) is 0 Å². The number of hydrogen-bond donors (Lipinski definition) is 0. The van der Waals surface area contributed by atoms with Gasteiger partial charge < -0.3 is 18.9 Å². The van der Waals surface area contributed by atoms with E-state index in [1.54, 1.807) is 27.7 Å². The van der Waals surface area contributed by atoms with Gasteiger partial charge in [0.15, 0.2) is 0 Å². The Morgan fingerprint density at radius 1 is 0.735 bits per heavy atom. The van der Waals surface area contributed by atoms with Crippen molar-refractivity contribution in [3.8, 4) is 0 Å². The Labute approximate surface area is 205 Å². The first kappa shape index (κ1) is 27.7. The van der Waals surface area contributed by atoms with Crippen molar-refractivity contribution in [3.63, 3.8) is 0 Å². The molecule has 0 unspecified atom stereocenters. The van der Waals surface area contributed by atoms with Gasteiger partial charge in [-0.15, -0.1) is 0 Å². The summed E-state index contributed by atoms with van der Waals surface area (Å²) < 4.78 is 23.0. The minimum Gasteiger partial charge on any atom is -0.457 e. The molecule has 0 N–H and O–H groups in total. The molecule has 1 aliphatic rings. The number of unbranched alkanes of at least 4 members (excludes halogenated alkanes) is 8. The molecule has 2 rings (SSSR count). The van der Waals surface area contributed by atoms with Crippen LogP contribution in [0.25, 0.3) is 0 Å². The van der Waals surface area contributed by atoms with Crippen LogP contribution in [-0.4, -0.2) is 24.1 Å². The van der Waals surface area contributed by atoms with Crippen molar-refractivity contribution in [2.45, 2.75) is 117 Å². The van der Waals surface area contributed by atoms with Crippen molar-refractivity contribution in [3.05, 3.63) is 47.4 Å². The molecule has 1 aliphatic heterocycles. The van der Waals surface area contributed by atoms with Crippen LogP contribution >= 0.6 is 0 Å². The van der Waals surface area contributed by atoms with Gasteiger partial charge in [0, 0.05) is 12.0 Å². The molecule has 0 saturated carbocycles. The zero-order chi connectivity index (χ0) is 25.0. The number of hydrogen-bond acceptors (Lipinski definition) is 6. The molecular weight excluding hydrogens is 432 g/mol. The van der Waals surface area contributed by atoms with Crippen LogP contribution < -0.4 is 0 Å². The molecule has 1 aromatic carbocycles. The van der Waals surface area contributed by atoms with Crippen LogP contribution in [0.15, 0.2) is 41.9 Å². The third kappa shape index (κ3) is 8.37. The molecule has 0 aliphatic carbocycles. The number of carbonyl (C=O) groups excluding carboxylic acids is 2. The van der Waals surface area contributed by atoms with Gasteiger partial charge in [0.1, 0.15) is 0 Å². The van der Waals surface area contributed by atoms with Crippen LogP contribution in [0.2, 0.25) is 0 Å². The molecule has 1 aromatic rings. The number of ether oxygens (including phenoxy) is 4. The summed E-state index contributed by atoms with van der Waals surface area (Å²) in [6, 6.07) is 9.44. The van der Waals surface area contributed by atoms with Gasteiger partial charge in [-0.2, -0.15) is 0 Å². The summed E-state index contributed by atoms with van der Waals surface area (Å²) in [5.41, 5.74) is 0.747. The van der Waals surface area contributed by atoms with Crippen LogP contribution in [0.1, 0.15) is 104 Å². The second-order valence-electron chi connectivity index (χ2n) is 9.47. The van der Waals surface area contributed by atoms with Crippen molar-refractivity contribution < 1.29 is 28.5 Å². The molecule has 0 aromatic heterocycles. The molecule has 6 nitrogen and oxygen atoms in total. The average Bonchev–Trinajstić information content (AvgIpc) is 3.19. The van der Waals surface area contributed by atoms with Gasteiger partial charge in [-0.1, -0.05) is 88.6 Å². The average molecular weight is 475 g/mol. The Kier molecular flexibility index (Phi) is 11.4. The Hall–Kier alpha value is -2.50. The van der Waals surface area contributed by atoms with Gasteiger partial charge in [-0.3, -0.25) is 0 Å². The lowest BCUT2D eigenvalue weighted by atomic mass is 9.98. The first-order valence-corrected chi connectivity index (χ1v) is 12.9. The highest BCUT2D eigenvalue weighted by molar-refractivity contribution is 5.98. The van der Waals surface area contributed by atoms with Crippen LogP contribution in [0.4, 0.5) is 0 Å². The minimum absolute atomic E-state index is 0.223. The summed E-state index contributed by atoms with van der Waals surface area (Å²) in [5, 5.41) is 0. The van der Waals surface area contributed by atoms with Gasteiger partial charge in [0.05, 0.1) is 12.2 Å². The number of benzene rings is 1. The quantitative estimate of drug-likeness (QED) is 0.203. The number of esters is 2. The van der Waals surface area contributed by atoms with E-state index in [0.29, 0.717) is 6.42 Å². The van der Waals surface area contributed by atoms with E-state index in [4.69, 9.17) is 18.9 Å². The van der Waals surface area contributed by atoms with Gasteiger partial charge in [-0.25, -0.2) is 9.59 Å². The molecule has 0 fully saturated rings. The first-order chi connectivity index (χ1) is 16.3. The molecule has 0 saturated heterocycles. The van der Waals surface area contributed by atoms with Crippen LogP contribution in [0.5, 0.6) is 0 Å². The highest BCUT2D eigenvalue weighted by atomic mass is 16.8. The maximum Gasteiger partial charge on any atom is 0.378 e. The lowest BCUT2D eigenvalue weighted by molar-refractivity contribution is -0.185. The van der Waals surface area contributed by atoms with E-state index in [1.807, 2.05) is 30.3 Å². The molecule has 6 heteroatoms. The fourth-order valence-corrected chi connectivity index (χ4v) is 3.97. The van der Waals surface area contributed by atoms with Gasteiger partial charge in [0.25, 0.3) is 17.3 Å². The Morgan fingerprint density at radius 2 is 1.18 bits per heavy atom. The summed E-state index contributed by atoms with van der Waals surface area (Å²) in [5.74, 6) is -3.16. The largest absolute Gasteiger partial charge is 0.457 e. The van der Waals surface area contributed by atoms with Gasteiger partial charge in [-0.05, 0) is 34.1 Å². The molecule has 1 heterocycles. The van der Waals surface area contributed by atoms with E-state index in [0.717, 1.165) is 24.8 Å². The molecule has 0 radical (unpaired) electrons. The van der Waals surface area contributed by atoms with Crippen molar-refractivity contribution in [1.82, 2.24) is 0 Å². The topological polar surface area (TPSA) is 71.1 Å². The predicted octanol–water partition coefficient (Wildman–Crippen LogP) is 6.92. The SMILES string of the molecule is CCCCCCCCCCCC1(c2ccccc2)OC(C(=O)OC(C)C)=C(C(=O)OC(C)C)O1. The first-order valence-electron chi connectivity index (χ1n) is 12.9. The third-order valence-corrected chi connectivity index (χ3v) is 5.62. The fourth-order valence-electron chi connectivity index (χ4n) is 3.97. The summed E-state index contributed by atoms with van der Waals surface area (Å²) in [6.07, 6.45) is 10.4. The highest BCUT2D eigenvalue weighted by Crippen LogP contribution is 2.44. The Balaban J connectivity index is 2.13. The second kappa shape index (κ2) is 14.0. The van der Waals surface area contributed by atoms with Crippen molar-refractivity contribution in [2.24, 2.45) is 0 Å². The molecule has 190 valence electrons. The summed E-state index contributed by atoms with van der Waals surface area (Å²) in [4.78, 5) is 25.6. The number of carbonyl (C=O) groups is 2. The molecule has 0 bridgehead atoms. The predicted molar refractivity (Wildman–Crippen MR) is 132 cm³/mol. The smallest absolute Gasteiger partial charge is 0.378 e. The van der Waals surface area contributed by atoms with Crippen LogP contribution in [0, 0.1) is 0 Å². The monoisotopic (exact) mass is 474 g/mol. The van der Waals surface area contributed by atoms with Gasteiger partial charge >= 0.3 is 11.9 Å². The standard InChI is InChI=1S/C28H42O6/c1-6-7-8-9-10-11-12-13-17-20-28(23-18-15-14-16-19-23)33-24(26(29)31-21(2)3)25(34-28)27(30)32-22(4)5/h14-16,18-19,21-22H,6-13,17,20H2,1-5H3. The Morgan fingerprint density at radius 3 is 1.62 bits per heavy atom. The second-order valence-corrected chi connectivity index (χ2v) is 9.47. The zero-order valence-electron chi connectivity index (χ0n) is 21.6. The zero-order valence-corrected chi connectivity index (χ0v) is 21.6. The molecule has 0 spiro atoms. The van der Waals surface area contributed by atoms with Crippen molar-refractivity contribution in [2.75, 3.05) is 0 Å². The summed E-state index contributed by atoms with van der Waals surface area (Å²) in [6.45, 7) is 9.20. The molecule has 0 amide bonds. The number of rotatable bonds is 15.